The van der Waals surface area contributed by atoms with Crippen LogP contribution >= 0.6 is 43.6 Å². The molecule has 2 aromatic rings. The summed E-state index contributed by atoms with van der Waals surface area (Å²) in [6, 6.07) is 12.8. The molecule has 0 amide bonds. The van der Waals surface area contributed by atoms with E-state index in [1.807, 2.05) is 30.3 Å². The zero-order valence-electron chi connectivity index (χ0n) is 10.5. The Morgan fingerprint density at radius 1 is 1.10 bits per heavy atom. The van der Waals surface area contributed by atoms with E-state index in [0.717, 1.165) is 14.9 Å². The van der Waals surface area contributed by atoms with Crippen molar-refractivity contribution in [2.75, 3.05) is 5.75 Å². The molecule has 1 nitrogen and oxygen atoms in total. The zero-order chi connectivity index (χ0) is 14.5. The molecule has 1 unspecified atom stereocenters. The minimum absolute atomic E-state index is 0.298. The fourth-order valence-corrected chi connectivity index (χ4v) is 3.69. The Labute approximate surface area is 138 Å². The van der Waals surface area contributed by atoms with E-state index in [1.54, 1.807) is 17.8 Å². The molecule has 0 bridgehead atoms. The first-order valence-electron chi connectivity index (χ1n) is 6.06. The van der Waals surface area contributed by atoms with E-state index in [4.69, 9.17) is 0 Å². The van der Waals surface area contributed by atoms with Crippen molar-refractivity contribution in [3.05, 3.63) is 62.8 Å². The van der Waals surface area contributed by atoms with Crippen LogP contribution in [0.25, 0.3) is 0 Å². The standard InChI is InChI=1S/C15H13Br2FOS/c16-12-5-1-2-7-14(12)20-9-11(19)8-10-4-3-6-13(18)15(10)17/h1-7,11,19H,8-9H2. The predicted octanol–water partition coefficient (Wildman–Crippen LogP) is 5.05. The van der Waals surface area contributed by atoms with Crippen molar-refractivity contribution >= 4 is 43.6 Å². The molecule has 0 aliphatic carbocycles. The summed E-state index contributed by atoms with van der Waals surface area (Å²) in [7, 11) is 0. The first kappa shape index (κ1) is 16.0. The van der Waals surface area contributed by atoms with Crippen molar-refractivity contribution < 1.29 is 9.50 Å². The number of rotatable bonds is 5. The van der Waals surface area contributed by atoms with Gasteiger partial charge in [-0.15, -0.1) is 11.8 Å². The highest BCUT2D eigenvalue weighted by molar-refractivity contribution is 9.10. The lowest BCUT2D eigenvalue weighted by atomic mass is 10.1. The van der Waals surface area contributed by atoms with Crippen LogP contribution < -0.4 is 0 Å². The van der Waals surface area contributed by atoms with Crippen molar-refractivity contribution in [3.8, 4) is 0 Å². The number of aliphatic hydroxyl groups is 1. The molecule has 0 fully saturated rings. The molecule has 0 spiro atoms. The average molecular weight is 420 g/mol. The predicted molar refractivity (Wildman–Crippen MR) is 88.7 cm³/mol. The molecular weight excluding hydrogens is 407 g/mol. The van der Waals surface area contributed by atoms with Gasteiger partial charge in [0.1, 0.15) is 5.82 Å². The molecule has 1 atom stereocenters. The Kier molecular flexibility index (Phi) is 6.08. The maximum atomic E-state index is 13.4. The van der Waals surface area contributed by atoms with Crippen molar-refractivity contribution in [2.24, 2.45) is 0 Å². The lowest BCUT2D eigenvalue weighted by Gasteiger charge is -2.12. The molecule has 0 saturated heterocycles. The summed E-state index contributed by atoms with van der Waals surface area (Å²) in [6.07, 6.45) is -0.0966. The summed E-state index contributed by atoms with van der Waals surface area (Å²) in [5, 5.41) is 10.1. The molecule has 1 N–H and O–H groups in total. The topological polar surface area (TPSA) is 20.2 Å². The minimum atomic E-state index is -0.523. The third kappa shape index (κ3) is 4.32. The lowest BCUT2D eigenvalue weighted by molar-refractivity contribution is 0.200. The Morgan fingerprint density at radius 2 is 1.85 bits per heavy atom. The van der Waals surface area contributed by atoms with Gasteiger partial charge in [-0.2, -0.15) is 0 Å². The van der Waals surface area contributed by atoms with Gasteiger partial charge in [0.2, 0.25) is 0 Å². The maximum absolute atomic E-state index is 13.4. The second-order valence-electron chi connectivity index (χ2n) is 4.31. The summed E-state index contributed by atoms with van der Waals surface area (Å²) < 4.78 is 14.8. The molecule has 0 aromatic heterocycles. The first-order valence-corrected chi connectivity index (χ1v) is 8.63. The molecule has 2 aromatic carbocycles. The number of halogens is 3. The number of hydrogen-bond donors (Lipinski definition) is 1. The second-order valence-corrected chi connectivity index (χ2v) is 7.02. The normalized spacial score (nSPS) is 12.4. The van der Waals surface area contributed by atoms with Gasteiger partial charge >= 0.3 is 0 Å². The van der Waals surface area contributed by atoms with Gasteiger partial charge in [0, 0.05) is 21.5 Å². The Hall–Kier alpha value is -0.360. The summed E-state index contributed by atoms with van der Waals surface area (Å²) in [4.78, 5) is 1.09. The van der Waals surface area contributed by atoms with Gasteiger partial charge in [0.05, 0.1) is 10.6 Å². The molecule has 0 saturated carbocycles. The van der Waals surface area contributed by atoms with Gasteiger partial charge in [0.25, 0.3) is 0 Å². The summed E-state index contributed by atoms with van der Waals surface area (Å²) in [6.45, 7) is 0. The third-order valence-corrected chi connectivity index (χ3v) is 5.82. The summed E-state index contributed by atoms with van der Waals surface area (Å²) in [5.41, 5.74) is 0.783. The van der Waals surface area contributed by atoms with E-state index in [2.05, 4.69) is 31.9 Å². The van der Waals surface area contributed by atoms with Crippen LogP contribution in [0.15, 0.2) is 56.3 Å². The van der Waals surface area contributed by atoms with Crippen molar-refractivity contribution in [1.29, 1.82) is 0 Å². The van der Waals surface area contributed by atoms with Gasteiger partial charge < -0.3 is 5.11 Å². The van der Waals surface area contributed by atoms with E-state index in [9.17, 15) is 9.50 Å². The van der Waals surface area contributed by atoms with Crippen molar-refractivity contribution in [1.82, 2.24) is 0 Å². The molecule has 0 aliphatic rings. The minimum Gasteiger partial charge on any atom is -0.392 e. The Morgan fingerprint density at radius 3 is 2.60 bits per heavy atom. The lowest BCUT2D eigenvalue weighted by Crippen LogP contribution is -2.14. The van der Waals surface area contributed by atoms with Crippen LogP contribution in [0.4, 0.5) is 4.39 Å². The maximum Gasteiger partial charge on any atom is 0.137 e. The van der Waals surface area contributed by atoms with E-state index in [1.165, 1.54) is 6.07 Å². The quantitative estimate of drug-likeness (QED) is 0.684. The Balaban J connectivity index is 1.94. The molecule has 0 radical (unpaired) electrons. The van der Waals surface area contributed by atoms with E-state index in [-0.39, 0.29) is 5.82 Å². The third-order valence-electron chi connectivity index (χ3n) is 2.75. The Bertz CT molecular complexity index is 592. The summed E-state index contributed by atoms with van der Waals surface area (Å²) in [5.74, 6) is 0.263. The number of hydrogen-bond acceptors (Lipinski definition) is 2. The highest BCUT2D eigenvalue weighted by Crippen LogP contribution is 2.28. The molecule has 5 heteroatoms. The van der Waals surface area contributed by atoms with Crippen LogP contribution in [0.3, 0.4) is 0 Å². The highest BCUT2D eigenvalue weighted by atomic mass is 79.9. The molecule has 0 heterocycles. The van der Waals surface area contributed by atoms with Crippen molar-refractivity contribution in [3.63, 3.8) is 0 Å². The van der Waals surface area contributed by atoms with Crippen LogP contribution in [0, 0.1) is 5.82 Å². The fourth-order valence-electron chi connectivity index (χ4n) is 1.77. The SMILES string of the molecule is OC(CSc1ccccc1Br)Cc1cccc(F)c1Br. The smallest absolute Gasteiger partial charge is 0.137 e. The van der Waals surface area contributed by atoms with E-state index in [0.29, 0.717) is 16.6 Å². The molecule has 106 valence electrons. The zero-order valence-corrected chi connectivity index (χ0v) is 14.5. The van der Waals surface area contributed by atoms with Crippen LogP contribution in [0.1, 0.15) is 5.56 Å². The van der Waals surface area contributed by atoms with Crippen LogP contribution in [-0.2, 0) is 6.42 Å². The monoisotopic (exact) mass is 418 g/mol. The van der Waals surface area contributed by atoms with Gasteiger partial charge in [-0.3, -0.25) is 0 Å². The largest absolute Gasteiger partial charge is 0.392 e. The van der Waals surface area contributed by atoms with Gasteiger partial charge in [0.15, 0.2) is 0 Å². The number of benzene rings is 2. The highest BCUT2D eigenvalue weighted by Gasteiger charge is 2.12. The van der Waals surface area contributed by atoms with Crippen molar-refractivity contribution in [2.45, 2.75) is 17.4 Å². The number of aliphatic hydroxyl groups excluding tert-OH is 1. The first-order chi connectivity index (χ1) is 9.58. The van der Waals surface area contributed by atoms with Crippen LogP contribution in [0.5, 0.6) is 0 Å². The second kappa shape index (κ2) is 7.59. The van der Waals surface area contributed by atoms with E-state index < -0.39 is 6.10 Å². The van der Waals surface area contributed by atoms with Gasteiger partial charge in [-0.1, -0.05) is 24.3 Å². The molecule has 20 heavy (non-hydrogen) atoms. The number of thioether (sulfide) groups is 1. The molecule has 2 rings (SSSR count). The molecule has 0 aliphatic heterocycles. The average Bonchev–Trinajstić information content (AvgIpc) is 2.43. The van der Waals surface area contributed by atoms with E-state index >= 15 is 0 Å². The van der Waals surface area contributed by atoms with Gasteiger partial charge in [-0.05, 0) is 55.6 Å². The van der Waals surface area contributed by atoms with Crippen LogP contribution in [-0.4, -0.2) is 17.0 Å². The van der Waals surface area contributed by atoms with Gasteiger partial charge in [-0.25, -0.2) is 4.39 Å². The van der Waals surface area contributed by atoms with Crippen LogP contribution in [0.2, 0.25) is 0 Å². The molecular formula is C15H13Br2FOS. The fraction of sp³-hybridized carbons (Fsp3) is 0.200. The summed E-state index contributed by atoms with van der Waals surface area (Å²) >= 11 is 8.27.